The largest absolute Gasteiger partial charge is 0.488 e. The Morgan fingerprint density at radius 2 is 1.94 bits per heavy atom. The first-order valence-corrected chi connectivity index (χ1v) is 10.7. The van der Waals surface area contributed by atoms with Gasteiger partial charge in [0.2, 0.25) is 11.8 Å². The van der Waals surface area contributed by atoms with Crippen LogP contribution in [0.4, 0.5) is 0 Å². The van der Waals surface area contributed by atoms with Gasteiger partial charge >= 0.3 is 0 Å². The number of carbonyl (C=O) groups is 2. The Balaban J connectivity index is 1.85. The highest BCUT2D eigenvalue weighted by Gasteiger charge is 2.22. The number of pyridine rings is 1. The van der Waals surface area contributed by atoms with Crippen LogP contribution in [-0.2, 0) is 4.79 Å². The van der Waals surface area contributed by atoms with Crippen molar-refractivity contribution in [3.8, 4) is 17.4 Å². The van der Waals surface area contributed by atoms with Gasteiger partial charge in [-0.2, -0.15) is 0 Å². The lowest BCUT2D eigenvalue weighted by Crippen LogP contribution is -2.45. The van der Waals surface area contributed by atoms with Crippen molar-refractivity contribution >= 4 is 11.8 Å². The summed E-state index contributed by atoms with van der Waals surface area (Å²) in [7, 11) is 1.72. The number of hydrogen-bond donors (Lipinski definition) is 1. The van der Waals surface area contributed by atoms with Crippen LogP contribution in [0.2, 0.25) is 0 Å². The van der Waals surface area contributed by atoms with E-state index in [0.29, 0.717) is 56.4 Å². The first-order chi connectivity index (χ1) is 15.5. The maximum Gasteiger partial charge on any atom is 0.259 e. The SMILES string of the molecule is CCN(CCO)C(=O)CN1CCOc2ccccc2Oc2ncccc2C(=O)N(C)CC1. The summed E-state index contributed by atoms with van der Waals surface area (Å²) in [5.41, 5.74) is 0.354. The van der Waals surface area contributed by atoms with E-state index >= 15 is 0 Å². The van der Waals surface area contributed by atoms with E-state index in [9.17, 15) is 14.7 Å². The summed E-state index contributed by atoms with van der Waals surface area (Å²) in [4.78, 5) is 35.2. The van der Waals surface area contributed by atoms with Gasteiger partial charge in [0, 0.05) is 46.0 Å². The first kappa shape index (κ1) is 23.5. The molecule has 1 aliphatic rings. The van der Waals surface area contributed by atoms with E-state index in [-0.39, 0.29) is 30.8 Å². The molecule has 1 aliphatic heterocycles. The Hall–Kier alpha value is -3.17. The normalized spacial score (nSPS) is 15.2. The maximum absolute atomic E-state index is 13.1. The second-order valence-corrected chi connectivity index (χ2v) is 7.45. The number of aromatic nitrogens is 1. The lowest BCUT2D eigenvalue weighted by Gasteiger charge is -2.28. The van der Waals surface area contributed by atoms with Gasteiger partial charge in [0.25, 0.3) is 5.91 Å². The Bertz CT molecular complexity index is 923. The molecule has 32 heavy (non-hydrogen) atoms. The van der Waals surface area contributed by atoms with E-state index in [2.05, 4.69) is 4.98 Å². The first-order valence-electron chi connectivity index (χ1n) is 10.7. The van der Waals surface area contributed by atoms with Gasteiger partial charge < -0.3 is 24.4 Å². The van der Waals surface area contributed by atoms with Gasteiger partial charge in [0.1, 0.15) is 12.2 Å². The van der Waals surface area contributed by atoms with Crippen LogP contribution in [0.25, 0.3) is 0 Å². The second-order valence-electron chi connectivity index (χ2n) is 7.45. The Morgan fingerprint density at radius 1 is 1.16 bits per heavy atom. The number of nitrogens with zero attached hydrogens (tertiary/aromatic N) is 4. The maximum atomic E-state index is 13.1. The molecule has 2 heterocycles. The third-order valence-electron chi connectivity index (χ3n) is 5.28. The van der Waals surface area contributed by atoms with Crippen molar-refractivity contribution in [3.05, 3.63) is 48.2 Å². The van der Waals surface area contributed by atoms with Crippen molar-refractivity contribution in [2.45, 2.75) is 6.92 Å². The van der Waals surface area contributed by atoms with Gasteiger partial charge in [-0.15, -0.1) is 0 Å². The van der Waals surface area contributed by atoms with Crippen LogP contribution in [-0.4, -0.2) is 96.1 Å². The van der Waals surface area contributed by atoms with Crippen LogP contribution >= 0.6 is 0 Å². The van der Waals surface area contributed by atoms with E-state index in [4.69, 9.17) is 9.47 Å². The molecule has 3 rings (SSSR count). The quantitative estimate of drug-likeness (QED) is 0.749. The molecule has 0 spiro atoms. The van der Waals surface area contributed by atoms with Gasteiger partial charge in [-0.3, -0.25) is 14.5 Å². The van der Waals surface area contributed by atoms with Crippen molar-refractivity contribution < 1.29 is 24.2 Å². The number of carbonyl (C=O) groups excluding carboxylic acids is 2. The highest BCUT2D eigenvalue weighted by atomic mass is 16.5. The fourth-order valence-electron chi connectivity index (χ4n) is 3.42. The molecule has 0 saturated heterocycles. The molecule has 0 unspecified atom stereocenters. The molecule has 2 aromatic rings. The molecule has 1 N–H and O–H groups in total. The smallest absolute Gasteiger partial charge is 0.259 e. The number of aliphatic hydroxyl groups excluding tert-OH is 1. The predicted octanol–water partition coefficient (Wildman–Crippen LogP) is 1.48. The molecular formula is C23H30N4O5. The van der Waals surface area contributed by atoms with Crippen molar-refractivity contribution in [1.29, 1.82) is 0 Å². The van der Waals surface area contributed by atoms with E-state index in [0.717, 1.165) is 0 Å². The number of fused-ring (bicyclic) bond motifs is 2. The monoisotopic (exact) mass is 442 g/mol. The Morgan fingerprint density at radius 3 is 2.69 bits per heavy atom. The molecule has 1 aromatic heterocycles. The zero-order valence-corrected chi connectivity index (χ0v) is 18.6. The third-order valence-corrected chi connectivity index (χ3v) is 5.28. The van der Waals surface area contributed by atoms with Gasteiger partial charge in [0.15, 0.2) is 11.5 Å². The average molecular weight is 443 g/mol. The third kappa shape index (κ3) is 5.95. The molecule has 0 bridgehead atoms. The minimum atomic E-state index is -0.215. The number of ether oxygens (including phenoxy) is 2. The Labute approximate surface area is 188 Å². The summed E-state index contributed by atoms with van der Waals surface area (Å²) in [6.07, 6.45) is 1.58. The van der Waals surface area contributed by atoms with Gasteiger partial charge in [0.05, 0.1) is 13.2 Å². The lowest BCUT2D eigenvalue weighted by molar-refractivity contribution is -0.132. The number of amides is 2. The molecular weight excluding hydrogens is 412 g/mol. The zero-order chi connectivity index (χ0) is 22.9. The molecule has 0 saturated carbocycles. The standard InChI is InChI=1S/C23H30N4O5/c1-3-27(13-15-28)21(29)17-26-12-11-25(2)23(30)18-7-6-10-24-22(18)32-20-9-5-4-8-19(20)31-16-14-26/h4-10,28H,3,11-17H2,1-2H3. The molecule has 172 valence electrons. The molecule has 0 aliphatic carbocycles. The molecule has 0 fully saturated rings. The zero-order valence-electron chi connectivity index (χ0n) is 18.6. The molecule has 2 amide bonds. The van der Waals surface area contributed by atoms with Crippen LogP contribution in [0.15, 0.2) is 42.6 Å². The molecule has 0 radical (unpaired) electrons. The van der Waals surface area contributed by atoms with Crippen LogP contribution in [0.5, 0.6) is 17.4 Å². The van der Waals surface area contributed by atoms with E-state index < -0.39 is 0 Å². The van der Waals surface area contributed by atoms with E-state index in [1.807, 2.05) is 24.0 Å². The number of aliphatic hydroxyl groups is 1. The van der Waals surface area contributed by atoms with Crippen LogP contribution in [0.1, 0.15) is 17.3 Å². The number of rotatable bonds is 5. The van der Waals surface area contributed by atoms with Crippen LogP contribution < -0.4 is 9.47 Å². The predicted molar refractivity (Wildman–Crippen MR) is 119 cm³/mol. The van der Waals surface area contributed by atoms with Crippen LogP contribution in [0, 0.1) is 0 Å². The summed E-state index contributed by atoms with van der Waals surface area (Å²) in [5, 5.41) is 9.21. The highest BCUT2D eigenvalue weighted by Crippen LogP contribution is 2.32. The van der Waals surface area contributed by atoms with Gasteiger partial charge in [-0.25, -0.2) is 4.98 Å². The Kier molecular flexibility index (Phi) is 8.41. The number of benzene rings is 1. The van der Waals surface area contributed by atoms with Crippen molar-refractivity contribution in [2.75, 3.05) is 59.5 Å². The van der Waals surface area contributed by atoms with Crippen molar-refractivity contribution in [1.82, 2.24) is 19.7 Å². The second kappa shape index (κ2) is 11.4. The van der Waals surface area contributed by atoms with E-state index in [1.165, 1.54) is 0 Å². The average Bonchev–Trinajstić information content (AvgIpc) is 2.81. The van der Waals surface area contributed by atoms with Gasteiger partial charge in [-0.05, 0) is 31.2 Å². The number of hydrogen-bond acceptors (Lipinski definition) is 7. The minimum Gasteiger partial charge on any atom is -0.488 e. The summed E-state index contributed by atoms with van der Waals surface area (Å²) in [6.45, 7) is 4.54. The summed E-state index contributed by atoms with van der Waals surface area (Å²) < 4.78 is 11.9. The summed E-state index contributed by atoms with van der Waals surface area (Å²) in [6, 6.07) is 10.6. The van der Waals surface area contributed by atoms with Crippen molar-refractivity contribution in [2.24, 2.45) is 0 Å². The minimum absolute atomic E-state index is 0.0712. The number of likely N-dealkylation sites (N-methyl/N-ethyl adjacent to an activating group) is 2. The lowest BCUT2D eigenvalue weighted by atomic mass is 10.2. The van der Waals surface area contributed by atoms with Crippen LogP contribution in [0.3, 0.4) is 0 Å². The topological polar surface area (TPSA) is 95.4 Å². The molecule has 9 heteroatoms. The fraction of sp³-hybridized carbons (Fsp3) is 0.435. The molecule has 9 nitrogen and oxygen atoms in total. The van der Waals surface area contributed by atoms with E-state index in [1.54, 1.807) is 47.3 Å². The number of para-hydroxylation sites is 2. The molecule has 0 atom stereocenters. The fourth-order valence-corrected chi connectivity index (χ4v) is 3.42. The van der Waals surface area contributed by atoms with Crippen molar-refractivity contribution in [3.63, 3.8) is 0 Å². The summed E-state index contributed by atoms with van der Waals surface area (Å²) in [5.74, 6) is 0.927. The molecule has 1 aromatic carbocycles. The summed E-state index contributed by atoms with van der Waals surface area (Å²) >= 11 is 0. The highest BCUT2D eigenvalue weighted by molar-refractivity contribution is 5.96. The van der Waals surface area contributed by atoms with Gasteiger partial charge in [-0.1, -0.05) is 12.1 Å².